The summed E-state index contributed by atoms with van der Waals surface area (Å²) in [4.78, 5) is 29.7. The number of ether oxygens (including phenoxy) is 2. The van der Waals surface area contributed by atoms with Gasteiger partial charge in [-0.3, -0.25) is 14.5 Å². The van der Waals surface area contributed by atoms with Gasteiger partial charge in [0, 0.05) is 32.2 Å². The van der Waals surface area contributed by atoms with Crippen molar-refractivity contribution in [3.8, 4) is 11.5 Å². The summed E-state index contributed by atoms with van der Waals surface area (Å²) in [6, 6.07) is 8.84. The quantitative estimate of drug-likeness (QED) is 0.365. The van der Waals surface area contributed by atoms with Crippen LogP contribution in [0.25, 0.3) is 5.76 Å². The van der Waals surface area contributed by atoms with E-state index in [2.05, 4.69) is 4.90 Å². The summed E-state index contributed by atoms with van der Waals surface area (Å²) >= 11 is 0. The summed E-state index contributed by atoms with van der Waals surface area (Å²) in [5.74, 6) is -2.65. The Morgan fingerprint density at radius 3 is 2.59 bits per heavy atom. The van der Waals surface area contributed by atoms with Gasteiger partial charge < -0.3 is 24.6 Å². The number of likely N-dealkylation sites (tertiary alicyclic amines) is 1. The van der Waals surface area contributed by atoms with Gasteiger partial charge in [0.25, 0.3) is 11.7 Å². The number of carbonyl (C=O) groups is 2. The summed E-state index contributed by atoms with van der Waals surface area (Å²) in [6.45, 7) is 3.85. The molecule has 4 rings (SSSR count). The lowest BCUT2D eigenvalue weighted by molar-refractivity contribution is -0.140. The van der Waals surface area contributed by atoms with Gasteiger partial charge in [-0.25, -0.2) is 4.39 Å². The van der Waals surface area contributed by atoms with Crippen molar-refractivity contribution in [3.63, 3.8) is 0 Å². The highest BCUT2D eigenvalue weighted by Gasteiger charge is 2.46. The molecule has 0 spiro atoms. The topological polar surface area (TPSA) is 99.5 Å². The largest absolute Gasteiger partial charge is 0.507 e. The molecule has 1 amide bonds. The molecule has 0 bridgehead atoms. The minimum Gasteiger partial charge on any atom is -0.507 e. The number of rotatable bonds is 7. The molecule has 2 saturated heterocycles. The molecule has 2 aromatic carbocycles. The number of amides is 1. The average Bonchev–Trinajstić information content (AvgIpc) is 3.09. The monoisotopic (exact) mass is 470 g/mol. The fraction of sp³-hybridized carbons (Fsp3) is 0.360. The minimum atomic E-state index is -0.984. The highest BCUT2D eigenvalue weighted by atomic mass is 19.1. The second-order valence-corrected chi connectivity index (χ2v) is 8.24. The molecule has 2 N–H and O–H groups in total. The van der Waals surface area contributed by atoms with E-state index in [1.165, 1.54) is 48.4 Å². The van der Waals surface area contributed by atoms with Crippen LogP contribution in [0, 0.1) is 5.82 Å². The molecular weight excluding hydrogens is 443 g/mol. The summed E-state index contributed by atoms with van der Waals surface area (Å²) in [5.41, 5.74) is 0.149. The maximum Gasteiger partial charge on any atom is 0.295 e. The minimum absolute atomic E-state index is 0.0199. The maximum absolute atomic E-state index is 14.1. The second kappa shape index (κ2) is 10.2. The Balaban J connectivity index is 1.70. The molecule has 2 aromatic rings. The number of phenols is 1. The molecule has 8 nitrogen and oxygen atoms in total. The molecule has 0 aliphatic carbocycles. The van der Waals surface area contributed by atoms with Gasteiger partial charge in [-0.15, -0.1) is 0 Å². The van der Waals surface area contributed by atoms with Crippen LogP contribution < -0.4 is 4.74 Å². The van der Waals surface area contributed by atoms with Crippen molar-refractivity contribution in [2.45, 2.75) is 12.5 Å². The molecule has 9 heteroatoms. The average molecular weight is 470 g/mol. The number of carbonyl (C=O) groups excluding carboxylic acids is 2. The molecule has 0 saturated carbocycles. The van der Waals surface area contributed by atoms with Crippen LogP contribution in [-0.2, 0) is 14.3 Å². The zero-order valence-electron chi connectivity index (χ0n) is 18.9. The predicted octanol–water partition coefficient (Wildman–Crippen LogP) is 2.68. The van der Waals surface area contributed by atoms with Crippen molar-refractivity contribution in [2.24, 2.45) is 0 Å². The first-order valence-electron chi connectivity index (χ1n) is 11.1. The number of benzene rings is 2. The van der Waals surface area contributed by atoms with E-state index in [-0.39, 0.29) is 23.4 Å². The Labute approximate surface area is 196 Å². The van der Waals surface area contributed by atoms with Crippen LogP contribution in [0.1, 0.15) is 23.6 Å². The standard InChI is InChI=1S/C25H27FN2O6/c1-33-18-6-7-19(20(29)15-18)23(30)21-22(16-4-2-5-17(26)14-16)28(25(32)24(21)31)9-3-8-27-10-12-34-13-11-27/h2,4-7,14-15,22,29-30H,3,8-13H2,1H3/t22-/m1/s1. The van der Waals surface area contributed by atoms with Crippen LogP contribution in [-0.4, -0.2) is 78.2 Å². The number of aliphatic hydroxyl groups excluding tert-OH is 1. The number of methoxy groups -OCH3 is 1. The van der Waals surface area contributed by atoms with Gasteiger partial charge in [0.2, 0.25) is 0 Å². The first-order valence-corrected chi connectivity index (χ1v) is 11.1. The zero-order valence-corrected chi connectivity index (χ0v) is 18.9. The van der Waals surface area contributed by atoms with Crippen molar-refractivity contribution in [1.82, 2.24) is 9.80 Å². The van der Waals surface area contributed by atoms with Crippen LogP contribution in [0.5, 0.6) is 11.5 Å². The van der Waals surface area contributed by atoms with E-state index in [0.29, 0.717) is 37.5 Å². The van der Waals surface area contributed by atoms with E-state index in [1.54, 1.807) is 6.07 Å². The molecular formula is C25H27FN2O6. The number of phenolic OH excluding ortho intramolecular Hbond substituents is 1. The molecule has 34 heavy (non-hydrogen) atoms. The Kier molecular flexibility index (Phi) is 7.14. The Bertz CT molecular complexity index is 1110. The van der Waals surface area contributed by atoms with Gasteiger partial charge in [0.15, 0.2) is 0 Å². The molecule has 0 unspecified atom stereocenters. The second-order valence-electron chi connectivity index (χ2n) is 8.24. The molecule has 0 radical (unpaired) electrons. The summed E-state index contributed by atoms with van der Waals surface area (Å²) in [5, 5.41) is 21.5. The van der Waals surface area contributed by atoms with Gasteiger partial charge in [0.1, 0.15) is 23.1 Å². The summed E-state index contributed by atoms with van der Waals surface area (Å²) < 4.78 is 24.5. The van der Waals surface area contributed by atoms with E-state index in [1.807, 2.05) is 0 Å². The van der Waals surface area contributed by atoms with Crippen LogP contribution >= 0.6 is 0 Å². The van der Waals surface area contributed by atoms with Gasteiger partial charge in [-0.1, -0.05) is 12.1 Å². The van der Waals surface area contributed by atoms with E-state index in [0.717, 1.165) is 13.1 Å². The van der Waals surface area contributed by atoms with Crippen molar-refractivity contribution < 1.29 is 33.7 Å². The highest BCUT2D eigenvalue weighted by molar-refractivity contribution is 6.46. The molecule has 1 atom stereocenters. The third-order valence-corrected chi connectivity index (χ3v) is 6.14. The smallest absolute Gasteiger partial charge is 0.295 e. The third kappa shape index (κ3) is 4.76. The van der Waals surface area contributed by atoms with E-state index in [9.17, 15) is 24.2 Å². The fourth-order valence-corrected chi connectivity index (χ4v) is 4.41. The number of ketones is 1. The maximum atomic E-state index is 14.1. The third-order valence-electron chi connectivity index (χ3n) is 6.14. The number of halogens is 1. The lowest BCUT2D eigenvalue weighted by Crippen LogP contribution is -2.39. The molecule has 0 aromatic heterocycles. The van der Waals surface area contributed by atoms with Gasteiger partial charge in [0.05, 0.1) is 37.5 Å². The Morgan fingerprint density at radius 2 is 1.91 bits per heavy atom. The van der Waals surface area contributed by atoms with Gasteiger partial charge in [-0.2, -0.15) is 0 Å². The molecule has 2 aliphatic rings. The van der Waals surface area contributed by atoms with Gasteiger partial charge >= 0.3 is 0 Å². The number of morpholine rings is 1. The van der Waals surface area contributed by atoms with Crippen LogP contribution in [0.4, 0.5) is 4.39 Å². The molecule has 2 aliphatic heterocycles. The fourth-order valence-electron chi connectivity index (χ4n) is 4.41. The van der Waals surface area contributed by atoms with E-state index >= 15 is 0 Å². The first kappa shape index (κ1) is 23.7. The number of hydrogen-bond acceptors (Lipinski definition) is 7. The predicted molar refractivity (Wildman–Crippen MR) is 122 cm³/mol. The normalized spacial score (nSPS) is 20.6. The van der Waals surface area contributed by atoms with E-state index < -0.39 is 29.3 Å². The lowest BCUT2D eigenvalue weighted by Gasteiger charge is -2.29. The number of aliphatic hydroxyl groups is 1. The Morgan fingerprint density at radius 1 is 1.15 bits per heavy atom. The lowest BCUT2D eigenvalue weighted by atomic mass is 9.95. The van der Waals surface area contributed by atoms with Gasteiger partial charge in [-0.05, 0) is 36.2 Å². The summed E-state index contributed by atoms with van der Waals surface area (Å²) in [7, 11) is 1.43. The van der Waals surface area contributed by atoms with Crippen molar-refractivity contribution in [2.75, 3.05) is 46.5 Å². The highest BCUT2D eigenvalue weighted by Crippen LogP contribution is 2.41. The molecule has 180 valence electrons. The van der Waals surface area contributed by atoms with Crippen molar-refractivity contribution >= 4 is 17.4 Å². The first-order chi connectivity index (χ1) is 16.4. The number of Topliss-reactive ketones (excluding diaryl/α,β-unsaturated/α-hetero) is 1. The van der Waals surface area contributed by atoms with Crippen LogP contribution in [0.2, 0.25) is 0 Å². The number of hydrogen-bond donors (Lipinski definition) is 2. The van der Waals surface area contributed by atoms with Crippen molar-refractivity contribution in [3.05, 3.63) is 65.0 Å². The number of aromatic hydroxyl groups is 1. The molecule has 2 fully saturated rings. The van der Waals surface area contributed by atoms with Crippen molar-refractivity contribution in [1.29, 1.82) is 0 Å². The SMILES string of the molecule is COc1ccc(C(O)=C2C(=O)C(=O)N(CCCN3CCOCC3)[C@@H]2c2cccc(F)c2)c(O)c1. The zero-order chi connectivity index (χ0) is 24.2. The van der Waals surface area contributed by atoms with Crippen LogP contribution in [0.15, 0.2) is 48.0 Å². The summed E-state index contributed by atoms with van der Waals surface area (Å²) in [6.07, 6.45) is 0.590. The number of nitrogens with zero attached hydrogens (tertiary/aromatic N) is 2. The van der Waals surface area contributed by atoms with Crippen LogP contribution in [0.3, 0.4) is 0 Å². The Hall–Kier alpha value is -3.43. The molecule has 2 heterocycles. The van der Waals surface area contributed by atoms with E-state index in [4.69, 9.17) is 9.47 Å².